The van der Waals surface area contributed by atoms with Crippen LogP contribution >= 0.6 is 0 Å². The molecule has 5 heterocycles. The van der Waals surface area contributed by atoms with Gasteiger partial charge < -0.3 is 25.0 Å². The van der Waals surface area contributed by atoms with Gasteiger partial charge in [-0.3, -0.25) is 14.4 Å². The quantitative estimate of drug-likeness (QED) is 0.532. The number of benzene rings is 1. The Morgan fingerprint density at radius 3 is 2.25 bits per heavy atom. The van der Waals surface area contributed by atoms with Crippen LogP contribution in [0.2, 0.25) is 0 Å². The average molecular weight is 543 g/mol. The van der Waals surface area contributed by atoms with Crippen LogP contribution in [-0.4, -0.2) is 75.3 Å². The number of fused-ring (bicyclic) bond motifs is 3. The summed E-state index contributed by atoms with van der Waals surface area (Å²) in [5.74, 6) is 0.632. The second kappa shape index (κ2) is 9.94. The van der Waals surface area contributed by atoms with Crippen LogP contribution in [0.5, 0.6) is 0 Å². The third kappa shape index (κ3) is 4.51. The fourth-order valence-electron chi connectivity index (χ4n) is 7.01. The van der Waals surface area contributed by atoms with E-state index in [-0.39, 0.29) is 29.8 Å². The van der Waals surface area contributed by atoms with Gasteiger partial charge in [0.15, 0.2) is 0 Å². The van der Waals surface area contributed by atoms with Gasteiger partial charge in [0.2, 0.25) is 11.8 Å². The molecule has 3 atom stereocenters. The van der Waals surface area contributed by atoms with Crippen molar-refractivity contribution in [3.63, 3.8) is 0 Å². The number of amides is 3. The number of piperazine rings is 1. The number of likely N-dealkylation sites (tertiary alicyclic amines) is 2. The first-order valence-corrected chi connectivity index (χ1v) is 14.3. The molecule has 6 rings (SSSR count). The van der Waals surface area contributed by atoms with Gasteiger partial charge in [-0.05, 0) is 48.9 Å². The Balaban J connectivity index is 1.17. The minimum atomic E-state index is -0.602. The molecule has 3 aliphatic rings. The van der Waals surface area contributed by atoms with E-state index in [4.69, 9.17) is 5.73 Å². The van der Waals surface area contributed by atoms with Crippen molar-refractivity contribution in [1.29, 1.82) is 0 Å². The first-order valence-electron chi connectivity index (χ1n) is 14.3. The van der Waals surface area contributed by atoms with Gasteiger partial charge >= 0.3 is 0 Å². The van der Waals surface area contributed by atoms with E-state index in [2.05, 4.69) is 9.88 Å². The van der Waals surface area contributed by atoms with Gasteiger partial charge in [-0.2, -0.15) is 0 Å². The van der Waals surface area contributed by atoms with Crippen molar-refractivity contribution < 1.29 is 14.4 Å². The number of piperidine rings is 1. The third-order valence-electron chi connectivity index (χ3n) is 8.94. The molecule has 40 heavy (non-hydrogen) atoms. The molecule has 0 radical (unpaired) electrons. The number of rotatable bonds is 5. The molecule has 3 saturated heterocycles. The molecule has 2 aromatic heterocycles. The van der Waals surface area contributed by atoms with Gasteiger partial charge in [0.25, 0.3) is 5.91 Å². The third-order valence-corrected chi connectivity index (χ3v) is 8.94. The van der Waals surface area contributed by atoms with Crippen LogP contribution < -0.4 is 10.6 Å². The average Bonchev–Trinajstić information content (AvgIpc) is 3.66. The van der Waals surface area contributed by atoms with Crippen molar-refractivity contribution in [3.05, 3.63) is 60.4 Å². The Kier molecular flexibility index (Phi) is 6.55. The van der Waals surface area contributed by atoms with Gasteiger partial charge in [0, 0.05) is 49.2 Å². The predicted octanol–water partition coefficient (Wildman–Crippen LogP) is 3.45. The molecular weight excluding hydrogens is 504 g/mol. The number of pyridine rings is 1. The molecule has 9 nitrogen and oxygen atoms in total. The maximum atomic E-state index is 14.3. The van der Waals surface area contributed by atoms with Crippen molar-refractivity contribution in [2.75, 3.05) is 31.1 Å². The summed E-state index contributed by atoms with van der Waals surface area (Å²) in [5.41, 5.74) is 6.49. The van der Waals surface area contributed by atoms with Gasteiger partial charge in [-0.15, -0.1) is 0 Å². The van der Waals surface area contributed by atoms with Crippen LogP contribution in [0, 0.1) is 11.3 Å². The van der Waals surface area contributed by atoms with E-state index < -0.39 is 17.4 Å². The Morgan fingerprint density at radius 2 is 1.62 bits per heavy atom. The molecule has 0 spiro atoms. The van der Waals surface area contributed by atoms with Crippen molar-refractivity contribution in [2.24, 2.45) is 17.1 Å². The lowest BCUT2D eigenvalue weighted by Crippen LogP contribution is -2.55. The molecule has 210 valence electrons. The number of para-hydroxylation sites is 1. The maximum Gasteiger partial charge on any atom is 0.265 e. The van der Waals surface area contributed by atoms with Crippen LogP contribution in [0.4, 0.5) is 5.82 Å². The van der Waals surface area contributed by atoms with Crippen LogP contribution in [-0.2, 0) is 9.59 Å². The normalized spacial score (nSPS) is 22.2. The second-order valence-corrected chi connectivity index (χ2v) is 12.6. The highest BCUT2D eigenvalue weighted by Gasteiger charge is 2.51. The number of nitrogens with zero attached hydrogens (tertiary/aromatic N) is 5. The smallest absolute Gasteiger partial charge is 0.265 e. The number of primary amides is 1. The minimum Gasteiger partial charge on any atom is -0.364 e. The fraction of sp³-hybridized carbons (Fsp3) is 0.484. The van der Waals surface area contributed by atoms with E-state index in [9.17, 15) is 14.4 Å². The number of nitrogens with two attached hydrogens (primary N) is 1. The number of hydrogen-bond donors (Lipinski definition) is 1. The number of hydrogen-bond acceptors (Lipinski definition) is 5. The van der Waals surface area contributed by atoms with Crippen molar-refractivity contribution in [2.45, 2.75) is 58.2 Å². The molecule has 2 bridgehead atoms. The van der Waals surface area contributed by atoms with E-state index in [0.29, 0.717) is 18.8 Å². The molecule has 3 amide bonds. The topological polar surface area (TPSA) is 105 Å². The van der Waals surface area contributed by atoms with E-state index in [1.54, 1.807) is 12.3 Å². The predicted molar refractivity (Wildman–Crippen MR) is 154 cm³/mol. The molecule has 2 N–H and O–H groups in total. The van der Waals surface area contributed by atoms with Crippen molar-refractivity contribution >= 4 is 34.4 Å². The first kappa shape index (κ1) is 26.3. The van der Waals surface area contributed by atoms with Crippen LogP contribution in [0.1, 0.15) is 56.6 Å². The molecule has 3 fully saturated rings. The molecular formula is C31H38N6O3. The Morgan fingerprint density at radius 1 is 0.950 bits per heavy atom. The summed E-state index contributed by atoms with van der Waals surface area (Å²) in [6, 6.07) is 14.8. The zero-order chi connectivity index (χ0) is 28.2. The second-order valence-electron chi connectivity index (χ2n) is 12.6. The number of carbonyl (C=O) groups excluding carboxylic acids is 3. The summed E-state index contributed by atoms with van der Waals surface area (Å²) in [4.78, 5) is 51.0. The highest BCUT2D eigenvalue weighted by Crippen LogP contribution is 2.41. The zero-order valence-electron chi connectivity index (χ0n) is 23.5. The lowest BCUT2D eigenvalue weighted by Gasteiger charge is -2.41. The molecule has 9 heteroatoms. The van der Waals surface area contributed by atoms with E-state index in [0.717, 1.165) is 49.1 Å². The minimum absolute atomic E-state index is 0.00940. The number of carbonyl (C=O) groups is 3. The molecule has 0 aliphatic carbocycles. The summed E-state index contributed by atoms with van der Waals surface area (Å²) in [7, 11) is 0. The molecule has 1 aromatic carbocycles. The van der Waals surface area contributed by atoms with Gasteiger partial charge in [-0.25, -0.2) is 4.98 Å². The van der Waals surface area contributed by atoms with Gasteiger partial charge in [0.05, 0.1) is 12.1 Å². The lowest BCUT2D eigenvalue weighted by atomic mass is 9.85. The Bertz CT molecular complexity index is 1440. The fourth-order valence-corrected chi connectivity index (χ4v) is 7.01. The molecule has 3 aliphatic heterocycles. The maximum absolute atomic E-state index is 14.3. The standard InChI is InChI=1S/C31H38N6O3/c1-31(2,3)27(37-24-9-5-4-8-21(24)16-25(37)28(32)38)30(40)36-19-22-17-23(36)18-35(22)29(39)20-11-14-34(15-12-20)26-10-6-7-13-33-26/h4-10,13,16,20,22-23,27H,11-12,14-15,17-19H2,1-3H3,(H2,32,38)/t22-,23-,27+/m0/s1. The van der Waals surface area contributed by atoms with Gasteiger partial charge in [0.1, 0.15) is 17.6 Å². The van der Waals surface area contributed by atoms with E-state index in [1.165, 1.54) is 0 Å². The lowest BCUT2D eigenvalue weighted by molar-refractivity contribution is -0.146. The van der Waals surface area contributed by atoms with Crippen LogP contribution in [0.3, 0.4) is 0 Å². The molecule has 0 unspecified atom stereocenters. The van der Waals surface area contributed by atoms with Gasteiger partial charge in [-0.1, -0.05) is 45.0 Å². The summed E-state index contributed by atoms with van der Waals surface area (Å²) in [6.45, 7) is 8.81. The highest BCUT2D eigenvalue weighted by molar-refractivity contribution is 5.99. The van der Waals surface area contributed by atoms with E-state index >= 15 is 0 Å². The van der Waals surface area contributed by atoms with E-state index in [1.807, 2.05) is 77.6 Å². The first-order chi connectivity index (χ1) is 19.1. The summed E-state index contributed by atoms with van der Waals surface area (Å²) >= 11 is 0. The summed E-state index contributed by atoms with van der Waals surface area (Å²) < 4.78 is 1.84. The SMILES string of the molecule is CC(C)(C)[C@@H](C(=O)N1C[C@@H]2C[C@H]1CN2C(=O)C1CCN(c2ccccn2)CC1)n1c(C(N)=O)cc2ccccc21. The van der Waals surface area contributed by atoms with Crippen molar-refractivity contribution in [3.8, 4) is 0 Å². The zero-order valence-corrected chi connectivity index (χ0v) is 23.5. The highest BCUT2D eigenvalue weighted by atomic mass is 16.2. The Hall–Kier alpha value is -3.88. The van der Waals surface area contributed by atoms with Crippen molar-refractivity contribution in [1.82, 2.24) is 19.4 Å². The largest absolute Gasteiger partial charge is 0.364 e. The monoisotopic (exact) mass is 542 g/mol. The Labute approximate surface area is 234 Å². The molecule has 3 aromatic rings. The van der Waals surface area contributed by atoms with Crippen LogP contribution in [0.25, 0.3) is 10.9 Å². The summed E-state index contributed by atoms with van der Waals surface area (Å²) in [6.07, 6.45) is 4.23. The summed E-state index contributed by atoms with van der Waals surface area (Å²) in [5, 5.41) is 0.882. The molecule has 0 saturated carbocycles. The number of aromatic nitrogens is 2. The number of anilines is 1. The van der Waals surface area contributed by atoms with Crippen LogP contribution in [0.15, 0.2) is 54.7 Å².